The Morgan fingerprint density at radius 2 is 1.81 bits per heavy atom. The van der Waals surface area contributed by atoms with Crippen molar-refractivity contribution >= 4 is 16.1 Å². The average molecular weight is 396 g/mol. The highest BCUT2D eigenvalue weighted by Crippen LogP contribution is 2.66. The van der Waals surface area contributed by atoms with E-state index in [4.69, 9.17) is 18.4 Å². The van der Waals surface area contributed by atoms with Gasteiger partial charge in [0.2, 0.25) is 0 Å². The van der Waals surface area contributed by atoms with Crippen molar-refractivity contribution in [3.8, 4) is 11.5 Å². The van der Waals surface area contributed by atoms with E-state index in [1.54, 1.807) is 20.3 Å². The van der Waals surface area contributed by atoms with Gasteiger partial charge in [-0.3, -0.25) is 8.98 Å². The lowest BCUT2D eigenvalue weighted by Gasteiger charge is -2.44. The molecule has 0 radical (unpaired) electrons. The van der Waals surface area contributed by atoms with Crippen LogP contribution in [0.25, 0.3) is 0 Å². The van der Waals surface area contributed by atoms with Crippen molar-refractivity contribution in [1.82, 2.24) is 0 Å². The Balaban J connectivity index is 1.97. The van der Waals surface area contributed by atoms with Crippen molar-refractivity contribution in [2.75, 3.05) is 20.5 Å². The van der Waals surface area contributed by atoms with Gasteiger partial charge in [0.05, 0.1) is 32.5 Å². The summed E-state index contributed by atoms with van der Waals surface area (Å²) in [5.41, 5.74) is -0.0691. The Morgan fingerprint density at radius 1 is 1.15 bits per heavy atom. The Morgan fingerprint density at radius 3 is 2.44 bits per heavy atom. The molecule has 7 nitrogen and oxygen atoms in total. The van der Waals surface area contributed by atoms with Crippen LogP contribution < -0.4 is 9.47 Å². The second kappa shape index (κ2) is 5.85. The fraction of sp³-hybridized carbons (Fsp3) is 0.632. The molecule has 1 aliphatic heterocycles. The molecular weight excluding hydrogens is 372 g/mol. The maximum atomic E-state index is 12.6. The SMILES string of the molecule is COc1ccc(OC)c2c1C[C@]1(C)[C@H](OS(C)(=O)=O)CC[C@@H]3C[C@]21OC3=O. The highest BCUT2D eigenvalue weighted by molar-refractivity contribution is 7.86. The minimum Gasteiger partial charge on any atom is -0.496 e. The molecule has 4 atom stereocenters. The first kappa shape index (κ1) is 18.6. The van der Waals surface area contributed by atoms with E-state index in [0.29, 0.717) is 37.2 Å². The van der Waals surface area contributed by atoms with Gasteiger partial charge >= 0.3 is 5.97 Å². The smallest absolute Gasteiger partial charge is 0.310 e. The second-order valence-electron chi connectivity index (χ2n) is 7.93. The zero-order valence-corrected chi connectivity index (χ0v) is 16.7. The minimum atomic E-state index is -3.67. The number of carbonyl (C=O) groups excluding carboxylic acids is 1. The van der Waals surface area contributed by atoms with E-state index in [2.05, 4.69) is 0 Å². The van der Waals surface area contributed by atoms with Crippen LogP contribution in [0.3, 0.4) is 0 Å². The molecule has 1 saturated heterocycles. The van der Waals surface area contributed by atoms with Gasteiger partial charge in [-0.25, -0.2) is 0 Å². The van der Waals surface area contributed by atoms with Crippen LogP contribution in [0.2, 0.25) is 0 Å². The first-order chi connectivity index (χ1) is 12.6. The van der Waals surface area contributed by atoms with Crippen molar-refractivity contribution in [3.63, 3.8) is 0 Å². The van der Waals surface area contributed by atoms with Gasteiger partial charge in [-0.1, -0.05) is 6.92 Å². The summed E-state index contributed by atoms with van der Waals surface area (Å²) >= 11 is 0. The van der Waals surface area contributed by atoms with Gasteiger partial charge in [-0.05, 0) is 31.4 Å². The molecule has 2 fully saturated rings. The molecule has 0 N–H and O–H groups in total. The second-order valence-corrected chi connectivity index (χ2v) is 9.53. The summed E-state index contributed by atoms with van der Waals surface area (Å²) in [4.78, 5) is 12.6. The minimum absolute atomic E-state index is 0.239. The molecule has 27 heavy (non-hydrogen) atoms. The molecule has 8 heteroatoms. The summed E-state index contributed by atoms with van der Waals surface area (Å²) in [5.74, 6) is 0.770. The largest absolute Gasteiger partial charge is 0.496 e. The van der Waals surface area contributed by atoms with Crippen molar-refractivity contribution in [2.45, 2.75) is 44.3 Å². The highest BCUT2D eigenvalue weighted by Gasteiger charge is 2.69. The Labute approximate surface area is 159 Å². The maximum absolute atomic E-state index is 12.6. The van der Waals surface area contributed by atoms with Crippen molar-refractivity contribution in [3.05, 3.63) is 23.3 Å². The highest BCUT2D eigenvalue weighted by atomic mass is 32.2. The molecule has 1 heterocycles. The molecule has 2 bridgehead atoms. The quantitative estimate of drug-likeness (QED) is 0.569. The van der Waals surface area contributed by atoms with E-state index >= 15 is 0 Å². The van der Waals surface area contributed by atoms with Crippen molar-refractivity contribution in [2.24, 2.45) is 11.3 Å². The Hall–Kier alpha value is -1.80. The van der Waals surface area contributed by atoms with Crippen LogP contribution in [-0.4, -0.2) is 41.0 Å². The molecular formula is C19H24O7S. The van der Waals surface area contributed by atoms with Gasteiger partial charge in [0.15, 0.2) is 0 Å². The first-order valence-electron chi connectivity index (χ1n) is 9.00. The number of esters is 1. The zero-order valence-electron chi connectivity index (χ0n) is 15.9. The Kier molecular flexibility index (Phi) is 4.02. The number of benzene rings is 1. The summed E-state index contributed by atoms with van der Waals surface area (Å²) in [6.45, 7) is 1.95. The molecule has 4 rings (SSSR count). The van der Waals surface area contributed by atoms with Gasteiger partial charge in [-0.15, -0.1) is 0 Å². The van der Waals surface area contributed by atoms with Gasteiger partial charge < -0.3 is 14.2 Å². The van der Waals surface area contributed by atoms with E-state index < -0.39 is 27.2 Å². The number of hydrogen-bond acceptors (Lipinski definition) is 7. The lowest BCUT2D eigenvalue weighted by Crippen LogP contribution is -2.50. The van der Waals surface area contributed by atoms with Crippen LogP contribution >= 0.6 is 0 Å². The molecule has 0 amide bonds. The summed E-state index contributed by atoms with van der Waals surface area (Å²) in [7, 11) is -0.511. The number of methoxy groups -OCH3 is 2. The molecule has 1 aromatic rings. The van der Waals surface area contributed by atoms with E-state index in [9.17, 15) is 13.2 Å². The number of hydrogen-bond donors (Lipinski definition) is 0. The monoisotopic (exact) mass is 396 g/mol. The van der Waals surface area contributed by atoms with E-state index in [-0.39, 0.29) is 11.9 Å². The lowest BCUT2D eigenvalue weighted by molar-refractivity contribution is -0.173. The Bertz CT molecular complexity index is 909. The third-order valence-electron chi connectivity index (χ3n) is 6.46. The molecule has 0 aromatic heterocycles. The zero-order chi connectivity index (χ0) is 19.6. The number of rotatable bonds is 4. The topological polar surface area (TPSA) is 88.1 Å². The number of carbonyl (C=O) groups is 1. The standard InChI is InChI=1S/C19H24O7S/c1-18-10-12-13(23-2)6-7-14(24-3)16(12)19(18)9-11(17(20)25-19)5-8-15(18)26-27(4,21)22/h6-7,11,15H,5,8-10H2,1-4H3/t11-,15-,18-,19+/m1/s1. The van der Waals surface area contributed by atoms with E-state index in [0.717, 1.165) is 17.4 Å². The molecule has 0 unspecified atom stereocenters. The lowest BCUT2D eigenvalue weighted by atomic mass is 9.69. The fourth-order valence-corrected chi connectivity index (χ4v) is 5.97. The molecule has 3 aliphatic rings. The molecule has 148 valence electrons. The fourth-order valence-electron chi connectivity index (χ4n) is 5.24. The molecule has 1 saturated carbocycles. The third kappa shape index (κ3) is 2.49. The van der Waals surface area contributed by atoms with Gasteiger partial charge in [-0.2, -0.15) is 8.42 Å². The van der Waals surface area contributed by atoms with Crippen molar-refractivity contribution < 1.29 is 31.6 Å². The van der Waals surface area contributed by atoms with Crippen LogP contribution in [0.5, 0.6) is 11.5 Å². The molecule has 2 aliphatic carbocycles. The predicted molar refractivity (Wildman–Crippen MR) is 96.2 cm³/mol. The van der Waals surface area contributed by atoms with Gasteiger partial charge in [0.1, 0.15) is 17.1 Å². The van der Waals surface area contributed by atoms with Crippen LogP contribution in [0, 0.1) is 11.3 Å². The van der Waals surface area contributed by atoms with Crippen LogP contribution in [0.15, 0.2) is 12.1 Å². The predicted octanol–water partition coefficient (Wildman–Crippen LogP) is 2.16. The van der Waals surface area contributed by atoms with E-state index in [1.807, 2.05) is 13.0 Å². The normalized spacial score (nSPS) is 34.4. The summed E-state index contributed by atoms with van der Waals surface area (Å²) in [6, 6.07) is 3.63. The summed E-state index contributed by atoms with van der Waals surface area (Å²) in [5, 5.41) is 0. The number of ether oxygens (including phenoxy) is 3. The van der Waals surface area contributed by atoms with Crippen LogP contribution in [-0.2, 0) is 35.9 Å². The van der Waals surface area contributed by atoms with Gasteiger partial charge in [0, 0.05) is 23.0 Å². The van der Waals surface area contributed by atoms with E-state index in [1.165, 1.54) is 0 Å². The van der Waals surface area contributed by atoms with Gasteiger partial charge in [0.25, 0.3) is 10.1 Å². The van der Waals surface area contributed by atoms with Crippen LogP contribution in [0.4, 0.5) is 0 Å². The van der Waals surface area contributed by atoms with Crippen LogP contribution in [0.1, 0.15) is 37.3 Å². The summed E-state index contributed by atoms with van der Waals surface area (Å²) in [6.07, 6.45) is 2.43. The molecule has 1 aromatic carbocycles. The average Bonchev–Trinajstić information content (AvgIpc) is 3.02. The van der Waals surface area contributed by atoms with Crippen molar-refractivity contribution in [1.29, 1.82) is 0 Å². The maximum Gasteiger partial charge on any atom is 0.310 e. The summed E-state index contributed by atoms with van der Waals surface area (Å²) < 4.78 is 46.6. The first-order valence-corrected chi connectivity index (χ1v) is 10.8. The number of fused-ring (bicyclic) bond motifs is 2. The third-order valence-corrected chi connectivity index (χ3v) is 7.04. The molecule has 1 spiro atoms.